The predicted molar refractivity (Wildman–Crippen MR) is 108 cm³/mol. The van der Waals surface area contributed by atoms with Gasteiger partial charge in [0.15, 0.2) is 11.6 Å². The average Bonchev–Trinajstić information content (AvgIpc) is 3.09. The van der Waals surface area contributed by atoms with Gasteiger partial charge in [0, 0.05) is 11.7 Å². The number of amides is 1. The molecule has 0 radical (unpaired) electrons. The molecule has 0 N–H and O–H groups in total. The zero-order chi connectivity index (χ0) is 20.5. The molecule has 2 atom stereocenters. The summed E-state index contributed by atoms with van der Waals surface area (Å²) in [7, 11) is 0. The number of benzene rings is 1. The van der Waals surface area contributed by atoms with Crippen molar-refractivity contribution in [3.63, 3.8) is 0 Å². The van der Waals surface area contributed by atoms with E-state index in [0.717, 1.165) is 11.3 Å². The van der Waals surface area contributed by atoms with Gasteiger partial charge in [-0.2, -0.15) is 4.68 Å². The quantitative estimate of drug-likeness (QED) is 0.682. The van der Waals surface area contributed by atoms with Gasteiger partial charge in [-0.25, -0.2) is 9.97 Å². The summed E-state index contributed by atoms with van der Waals surface area (Å²) in [6, 6.07) is 15.5. The Kier molecular flexibility index (Phi) is 5.15. The highest BCUT2D eigenvalue weighted by molar-refractivity contribution is 5.79. The van der Waals surface area contributed by atoms with Crippen LogP contribution in [0, 0.1) is 13.8 Å². The molecule has 3 heterocycles. The fourth-order valence-corrected chi connectivity index (χ4v) is 3.87. The van der Waals surface area contributed by atoms with Crippen molar-refractivity contribution in [3.05, 3.63) is 71.4 Å². The number of aromatic nitrogens is 4. The molecule has 0 spiro atoms. The molecule has 150 valence electrons. The third-order valence-electron chi connectivity index (χ3n) is 5.04. The van der Waals surface area contributed by atoms with Crippen LogP contribution in [0.1, 0.15) is 48.9 Å². The van der Waals surface area contributed by atoms with Crippen LogP contribution in [-0.2, 0) is 9.53 Å². The molecule has 7 heteroatoms. The van der Waals surface area contributed by atoms with Gasteiger partial charge in [0.25, 0.3) is 0 Å². The Labute approximate surface area is 170 Å². The minimum Gasteiger partial charge on any atom is -0.358 e. The van der Waals surface area contributed by atoms with Crippen molar-refractivity contribution >= 4 is 5.91 Å². The van der Waals surface area contributed by atoms with Gasteiger partial charge >= 0.3 is 0 Å². The van der Waals surface area contributed by atoms with Gasteiger partial charge in [0.05, 0.1) is 6.04 Å². The first kappa shape index (κ1) is 19.3. The zero-order valence-electron chi connectivity index (χ0n) is 17.1. The van der Waals surface area contributed by atoms with E-state index in [1.807, 2.05) is 81.1 Å². The van der Waals surface area contributed by atoms with E-state index in [-0.39, 0.29) is 24.6 Å². The predicted octanol–water partition coefficient (Wildman–Crippen LogP) is 3.33. The molecular formula is C22H25N5O2. The first-order valence-corrected chi connectivity index (χ1v) is 9.81. The van der Waals surface area contributed by atoms with Crippen LogP contribution in [0.4, 0.5) is 0 Å². The summed E-state index contributed by atoms with van der Waals surface area (Å²) in [5.41, 5.74) is 1.90. The molecule has 0 aliphatic carbocycles. The van der Waals surface area contributed by atoms with Gasteiger partial charge in [-0.1, -0.05) is 36.4 Å². The summed E-state index contributed by atoms with van der Waals surface area (Å²) in [6.07, 6.45) is -0.457. The summed E-state index contributed by atoms with van der Waals surface area (Å²) in [5, 5.41) is 4.57. The van der Waals surface area contributed by atoms with E-state index in [0.29, 0.717) is 17.5 Å². The number of pyridine rings is 1. The highest BCUT2D eigenvalue weighted by atomic mass is 16.5. The van der Waals surface area contributed by atoms with E-state index in [1.165, 1.54) is 0 Å². The van der Waals surface area contributed by atoms with Crippen LogP contribution < -0.4 is 0 Å². The normalized spacial score (nSPS) is 19.8. The number of ether oxygens (including phenoxy) is 1. The minimum absolute atomic E-state index is 0.0132. The zero-order valence-corrected chi connectivity index (χ0v) is 17.1. The first-order chi connectivity index (χ1) is 14.0. The van der Waals surface area contributed by atoms with Gasteiger partial charge in [0.2, 0.25) is 5.91 Å². The monoisotopic (exact) mass is 391 g/mol. The molecule has 4 rings (SSSR count). The van der Waals surface area contributed by atoms with Crippen LogP contribution in [0.25, 0.3) is 5.82 Å². The maximum atomic E-state index is 12.7. The number of hydrogen-bond acceptors (Lipinski definition) is 5. The molecule has 1 saturated heterocycles. The molecule has 1 aliphatic rings. The Morgan fingerprint density at radius 3 is 2.48 bits per heavy atom. The lowest BCUT2D eigenvalue weighted by molar-refractivity contribution is -0.162. The van der Waals surface area contributed by atoms with Gasteiger partial charge in [-0.15, -0.1) is 5.10 Å². The van der Waals surface area contributed by atoms with Crippen LogP contribution >= 0.6 is 0 Å². The topological polar surface area (TPSA) is 73.1 Å². The highest BCUT2D eigenvalue weighted by Gasteiger charge is 2.42. The standard InChI is InChI=1S/C22H25N5O2/c1-14(2)26-19(28)13-29-21(20(26)17-10-6-5-7-11-17)22-24-16(4)25-27(22)18-12-8-9-15(3)23-18/h5-12,14,20-21H,13H2,1-4H3/t20-,21+/m1/s1. The molecular weight excluding hydrogens is 366 g/mol. The lowest BCUT2D eigenvalue weighted by Gasteiger charge is -2.43. The van der Waals surface area contributed by atoms with Crippen LogP contribution in [0.3, 0.4) is 0 Å². The minimum atomic E-state index is -0.457. The van der Waals surface area contributed by atoms with Gasteiger partial charge in [-0.05, 0) is 45.4 Å². The second-order valence-corrected chi connectivity index (χ2v) is 7.55. The van der Waals surface area contributed by atoms with Crippen molar-refractivity contribution < 1.29 is 9.53 Å². The van der Waals surface area contributed by atoms with Gasteiger partial charge in [0.1, 0.15) is 18.5 Å². The van der Waals surface area contributed by atoms with Crippen LogP contribution in [0.5, 0.6) is 0 Å². The van der Waals surface area contributed by atoms with E-state index in [2.05, 4.69) is 15.1 Å². The lowest BCUT2D eigenvalue weighted by atomic mass is 9.95. The maximum Gasteiger partial charge on any atom is 0.249 e. The summed E-state index contributed by atoms with van der Waals surface area (Å²) in [4.78, 5) is 23.9. The number of rotatable bonds is 4. The van der Waals surface area contributed by atoms with E-state index in [1.54, 1.807) is 4.68 Å². The fraction of sp³-hybridized carbons (Fsp3) is 0.364. The van der Waals surface area contributed by atoms with E-state index < -0.39 is 6.10 Å². The molecule has 0 bridgehead atoms. The van der Waals surface area contributed by atoms with Crippen molar-refractivity contribution in [1.82, 2.24) is 24.6 Å². The number of aryl methyl sites for hydroxylation is 2. The highest BCUT2D eigenvalue weighted by Crippen LogP contribution is 2.40. The Balaban J connectivity index is 1.86. The average molecular weight is 391 g/mol. The third kappa shape index (κ3) is 3.65. The number of carbonyl (C=O) groups excluding carboxylic acids is 1. The summed E-state index contributed by atoms with van der Waals surface area (Å²) < 4.78 is 7.82. The molecule has 2 aromatic heterocycles. The molecule has 7 nitrogen and oxygen atoms in total. The molecule has 1 amide bonds. The maximum absolute atomic E-state index is 12.7. The Morgan fingerprint density at radius 1 is 1.03 bits per heavy atom. The van der Waals surface area contributed by atoms with Crippen LogP contribution in [-0.4, -0.2) is 43.2 Å². The van der Waals surface area contributed by atoms with Crippen molar-refractivity contribution in [2.24, 2.45) is 0 Å². The van der Waals surface area contributed by atoms with Crippen molar-refractivity contribution in [2.75, 3.05) is 6.61 Å². The molecule has 1 aromatic carbocycles. The van der Waals surface area contributed by atoms with Crippen molar-refractivity contribution in [2.45, 2.75) is 45.9 Å². The van der Waals surface area contributed by atoms with Crippen LogP contribution in [0.15, 0.2) is 48.5 Å². The number of hydrogen-bond donors (Lipinski definition) is 0. The fourth-order valence-electron chi connectivity index (χ4n) is 3.87. The molecule has 0 unspecified atom stereocenters. The molecule has 3 aromatic rings. The number of nitrogens with zero attached hydrogens (tertiary/aromatic N) is 5. The second-order valence-electron chi connectivity index (χ2n) is 7.55. The molecule has 1 fully saturated rings. The van der Waals surface area contributed by atoms with E-state index in [9.17, 15) is 4.79 Å². The van der Waals surface area contributed by atoms with E-state index in [4.69, 9.17) is 4.74 Å². The summed E-state index contributed by atoms with van der Waals surface area (Å²) in [5.74, 6) is 1.94. The molecule has 1 aliphatic heterocycles. The number of morpholine rings is 1. The molecule has 29 heavy (non-hydrogen) atoms. The van der Waals surface area contributed by atoms with Crippen LogP contribution in [0.2, 0.25) is 0 Å². The SMILES string of the molecule is Cc1cccc(-n2nc(C)nc2[C@H]2OCC(=O)N(C(C)C)[C@@H]2c2ccccc2)n1. The van der Waals surface area contributed by atoms with Gasteiger partial charge in [-0.3, -0.25) is 4.79 Å². The Hall–Kier alpha value is -3.06. The first-order valence-electron chi connectivity index (χ1n) is 9.81. The smallest absolute Gasteiger partial charge is 0.249 e. The third-order valence-corrected chi connectivity index (χ3v) is 5.04. The Morgan fingerprint density at radius 2 is 1.79 bits per heavy atom. The molecule has 0 saturated carbocycles. The number of carbonyl (C=O) groups is 1. The second kappa shape index (κ2) is 7.75. The van der Waals surface area contributed by atoms with E-state index >= 15 is 0 Å². The van der Waals surface area contributed by atoms with Crippen molar-refractivity contribution in [1.29, 1.82) is 0 Å². The van der Waals surface area contributed by atoms with Crippen molar-refractivity contribution in [3.8, 4) is 5.82 Å². The largest absolute Gasteiger partial charge is 0.358 e. The Bertz CT molecular complexity index is 1020. The lowest BCUT2D eigenvalue weighted by Crippen LogP contribution is -2.49. The van der Waals surface area contributed by atoms with Gasteiger partial charge < -0.3 is 9.64 Å². The summed E-state index contributed by atoms with van der Waals surface area (Å²) >= 11 is 0. The summed E-state index contributed by atoms with van der Waals surface area (Å²) in [6.45, 7) is 7.85.